The van der Waals surface area contributed by atoms with E-state index in [4.69, 9.17) is 9.47 Å². The first-order valence-corrected chi connectivity index (χ1v) is 9.08. The maximum absolute atomic E-state index is 11.5. The third-order valence-corrected chi connectivity index (χ3v) is 4.17. The molecule has 0 spiro atoms. The van der Waals surface area contributed by atoms with Gasteiger partial charge in [-0.25, -0.2) is 4.79 Å². The molecule has 0 heterocycles. The van der Waals surface area contributed by atoms with Crippen LogP contribution in [0.25, 0.3) is 17.2 Å². The fourth-order valence-corrected chi connectivity index (χ4v) is 2.80. The van der Waals surface area contributed by atoms with Crippen molar-refractivity contribution in [1.29, 1.82) is 0 Å². The summed E-state index contributed by atoms with van der Waals surface area (Å²) in [5, 5.41) is 12.6. The highest BCUT2D eigenvalue weighted by Crippen LogP contribution is 2.40. The SMILES string of the molecule is CCCCOc1c(-c2ccccc2)ccc(C=C(COC)C(=O)O)c1NC. The second-order valence-corrected chi connectivity index (χ2v) is 6.13. The lowest BCUT2D eigenvalue weighted by atomic mass is 9.99. The van der Waals surface area contributed by atoms with E-state index in [1.165, 1.54) is 7.11 Å². The largest absolute Gasteiger partial charge is 0.491 e. The molecule has 2 aromatic carbocycles. The van der Waals surface area contributed by atoms with Crippen LogP contribution in [0.2, 0.25) is 0 Å². The molecule has 0 amide bonds. The summed E-state index contributed by atoms with van der Waals surface area (Å²) in [6.07, 6.45) is 3.60. The topological polar surface area (TPSA) is 67.8 Å². The molecule has 0 aliphatic carbocycles. The first-order valence-electron chi connectivity index (χ1n) is 9.08. The molecule has 0 aliphatic heterocycles. The molecule has 2 aromatic rings. The van der Waals surface area contributed by atoms with Crippen LogP contribution in [0.4, 0.5) is 5.69 Å². The number of anilines is 1. The van der Waals surface area contributed by atoms with Gasteiger partial charge in [0.25, 0.3) is 0 Å². The van der Waals surface area contributed by atoms with E-state index in [9.17, 15) is 9.90 Å². The fraction of sp³-hybridized carbons (Fsp3) is 0.318. The normalized spacial score (nSPS) is 11.3. The molecule has 144 valence electrons. The molecule has 27 heavy (non-hydrogen) atoms. The van der Waals surface area contributed by atoms with Gasteiger partial charge in [-0.2, -0.15) is 0 Å². The Kier molecular flexibility index (Phi) is 7.89. The van der Waals surface area contributed by atoms with Crippen LogP contribution in [-0.2, 0) is 9.53 Å². The summed E-state index contributed by atoms with van der Waals surface area (Å²) in [5.41, 5.74) is 3.71. The van der Waals surface area contributed by atoms with Crippen LogP contribution in [0.5, 0.6) is 5.75 Å². The van der Waals surface area contributed by atoms with Gasteiger partial charge in [0.1, 0.15) is 0 Å². The first kappa shape index (κ1) is 20.5. The van der Waals surface area contributed by atoms with Crippen LogP contribution in [0.3, 0.4) is 0 Å². The average Bonchev–Trinajstić information content (AvgIpc) is 2.68. The van der Waals surface area contributed by atoms with E-state index in [0.717, 1.165) is 41.0 Å². The lowest BCUT2D eigenvalue weighted by Gasteiger charge is -2.18. The molecule has 0 aliphatic rings. The van der Waals surface area contributed by atoms with Crippen LogP contribution in [0.1, 0.15) is 25.3 Å². The molecule has 0 saturated carbocycles. The molecular weight excluding hydrogens is 342 g/mol. The highest BCUT2D eigenvalue weighted by molar-refractivity contribution is 5.95. The Balaban J connectivity index is 2.58. The highest BCUT2D eigenvalue weighted by Gasteiger charge is 2.16. The summed E-state index contributed by atoms with van der Waals surface area (Å²) in [7, 11) is 3.29. The van der Waals surface area contributed by atoms with Gasteiger partial charge in [0.2, 0.25) is 0 Å². The number of benzene rings is 2. The van der Waals surface area contributed by atoms with Crippen molar-refractivity contribution in [3.8, 4) is 16.9 Å². The van der Waals surface area contributed by atoms with Gasteiger partial charge in [-0.15, -0.1) is 0 Å². The number of hydrogen-bond acceptors (Lipinski definition) is 4. The molecule has 0 atom stereocenters. The third kappa shape index (κ3) is 5.34. The average molecular weight is 369 g/mol. The van der Waals surface area contributed by atoms with Crippen molar-refractivity contribution in [1.82, 2.24) is 0 Å². The molecule has 0 unspecified atom stereocenters. The van der Waals surface area contributed by atoms with Gasteiger partial charge in [0.15, 0.2) is 5.75 Å². The third-order valence-electron chi connectivity index (χ3n) is 4.17. The minimum atomic E-state index is -1.00. The summed E-state index contributed by atoms with van der Waals surface area (Å²) in [5.74, 6) is -0.271. The maximum Gasteiger partial charge on any atom is 0.333 e. The van der Waals surface area contributed by atoms with Crippen molar-refractivity contribution < 1.29 is 19.4 Å². The monoisotopic (exact) mass is 369 g/mol. The predicted molar refractivity (Wildman–Crippen MR) is 109 cm³/mol. The van der Waals surface area contributed by atoms with E-state index in [1.54, 1.807) is 6.08 Å². The zero-order valence-electron chi connectivity index (χ0n) is 16.1. The molecule has 2 rings (SSSR count). The maximum atomic E-state index is 11.5. The summed E-state index contributed by atoms with van der Waals surface area (Å²) in [6, 6.07) is 13.9. The van der Waals surface area contributed by atoms with Crippen molar-refractivity contribution in [3.05, 3.63) is 53.6 Å². The Morgan fingerprint density at radius 3 is 2.52 bits per heavy atom. The van der Waals surface area contributed by atoms with E-state index >= 15 is 0 Å². The summed E-state index contributed by atoms with van der Waals surface area (Å²) in [4.78, 5) is 11.5. The number of nitrogens with one attached hydrogen (secondary N) is 1. The Morgan fingerprint density at radius 2 is 1.93 bits per heavy atom. The molecule has 0 bridgehead atoms. The summed E-state index contributed by atoms with van der Waals surface area (Å²) >= 11 is 0. The van der Waals surface area contributed by atoms with E-state index in [0.29, 0.717) is 6.61 Å². The number of aliphatic carboxylic acids is 1. The van der Waals surface area contributed by atoms with Crippen molar-refractivity contribution in [2.45, 2.75) is 19.8 Å². The van der Waals surface area contributed by atoms with Gasteiger partial charge in [0, 0.05) is 25.3 Å². The molecule has 0 saturated heterocycles. The Labute approximate surface area is 160 Å². The Morgan fingerprint density at radius 1 is 1.19 bits per heavy atom. The number of hydrogen-bond donors (Lipinski definition) is 2. The minimum Gasteiger partial charge on any atom is -0.491 e. The van der Waals surface area contributed by atoms with Gasteiger partial charge < -0.3 is 19.9 Å². The first-order chi connectivity index (χ1) is 13.1. The number of unbranched alkanes of at least 4 members (excludes halogenated alkanes) is 1. The molecule has 0 aromatic heterocycles. The number of carboxylic acids is 1. The smallest absolute Gasteiger partial charge is 0.333 e. The van der Waals surface area contributed by atoms with Gasteiger partial charge in [-0.3, -0.25) is 0 Å². The van der Waals surface area contributed by atoms with Crippen LogP contribution in [0, 0.1) is 0 Å². The van der Waals surface area contributed by atoms with E-state index in [-0.39, 0.29) is 12.2 Å². The molecule has 0 fully saturated rings. The number of carboxylic acid groups (broad SMARTS) is 1. The zero-order chi connectivity index (χ0) is 19.6. The van der Waals surface area contributed by atoms with Gasteiger partial charge >= 0.3 is 5.97 Å². The van der Waals surface area contributed by atoms with Crippen LogP contribution >= 0.6 is 0 Å². The molecule has 2 N–H and O–H groups in total. The lowest BCUT2D eigenvalue weighted by Crippen LogP contribution is -2.08. The number of methoxy groups -OCH3 is 1. The van der Waals surface area contributed by atoms with Crippen molar-refractivity contribution in [2.24, 2.45) is 0 Å². The van der Waals surface area contributed by atoms with Gasteiger partial charge in [-0.1, -0.05) is 49.7 Å². The quantitative estimate of drug-likeness (QED) is 0.470. The van der Waals surface area contributed by atoms with E-state index < -0.39 is 5.97 Å². The van der Waals surface area contributed by atoms with Crippen molar-refractivity contribution in [2.75, 3.05) is 32.7 Å². The predicted octanol–water partition coefficient (Wildman–Crippen LogP) is 4.69. The lowest BCUT2D eigenvalue weighted by molar-refractivity contribution is -0.133. The van der Waals surface area contributed by atoms with E-state index in [1.807, 2.05) is 49.5 Å². The number of rotatable bonds is 10. The second kappa shape index (κ2) is 10.4. The summed E-state index contributed by atoms with van der Waals surface area (Å²) in [6.45, 7) is 2.75. The highest BCUT2D eigenvalue weighted by atomic mass is 16.5. The second-order valence-electron chi connectivity index (χ2n) is 6.13. The Bertz CT molecular complexity index is 784. The fourth-order valence-electron chi connectivity index (χ4n) is 2.80. The summed E-state index contributed by atoms with van der Waals surface area (Å²) < 4.78 is 11.1. The number of carbonyl (C=O) groups is 1. The number of ether oxygens (including phenoxy) is 2. The van der Waals surface area contributed by atoms with Crippen molar-refractivity contribution in [3.63, 3.8) is 0 Å². The van der Waals surface area contributed by atoms with E-state index in [2.05, 4.69) is 12.2 Å². The molecular formula is C22H27NO4. The van der Waals surface area contributed by atoms with Crippen LogP contribution < -0.4 is 10.1 Å². The van der Waals surface area contributed by atoms with Gasteiger partial charge in [0.05, 0.1) is 24.5 Å². The molecule has 5 nitrogen and oxygen atoms in total. The minimum absolute atomic E-state index is 0.0327. The van der Waals surface area contributed by atoms with Gasteiger partial charge in [-0.05, 0) is 24.1 Å². The Hall–Kier alpha value is -2.79. The van der Waals surface area contributed by atoms with Crippen LogP contribution in [0.15, 0.2) is 48.0 Å². The standard InChI is InChI=1S/C22H27NO4/c1-4-5-13-27-21-19(16-9-7-6-8-10-16)12-11-17(20(21)23-2)14-18(15-26-3)22(24)25/h6-12,14,23H,4-5,13,15H2,1-3H3,(H,24,25). The van der Waals surface area contributed by atoms with Crippen LogP contribution in [-0.4, -0.2) is 38.4 Å². The van der Waals surface area contributed by atoms with Crippen molar-refractivity contribution >= 4 is 17.7 Å². The molecule has 5 heteroatoms. The zero-order valence-corrected chi connectivity index (χ0v) is 16.1. The molecule has 0 radical (unpaired) electrons.